The fourth-order valence-electron chi connectivity index (χ4n) is 6.87. The number of aromatic nitrogens is 2. The molecule has 5 unspecified atom stereocenters. The molecule has 5 aromatic carbocycles. The summed E-state index contributed by atoms with van der Waals surface area (Å²) in [7, 11) is -3.97. The lowest BCUT2D eigenvalue weighted by Crippen LogP contribution is -2.47. The number of aliphatic hydroxyl groups is 1. The molecular formula is C46H46N4O6S2. The number of nitrogens with zero attached hydrogens (tertiary/aromatic N) is 2. The van der Waals surface area contributed by atoms with E-state index in [1.165, 1.54) is 12.1 Å². The van der Waals surface area contributed by atoms with Gasteiger partial charge in [-0.3, -0.25) is 4.79 Å². The van der Waals surface area contributed by atoms with E-state index in [0.29, 0.717) is 10.9 Å². The second kappa shape index (κ2) is 19.0. The first kappa shape index (κ1) is 41.0. The third kappa shape index (κ3) is 10.4. The molecule has 0 radical (unpaired) electrons. The first-order valence-electron chi connectivity index (χ1n) is 19.2. The maximum atomic E-state index is 13.7. The number of thioether (sulfide) groups is 1. The Labute approximate surface area is 344 Å². The summed E-state index contributed by atoms with van der Waals surface area (Å²) >= 11 is 1.54. The summed E-state index contributed by atoms with van der Waals surface area (Å²) in [5.41, 5.74) is 7.18. The van der Waals surface area contributed by atoms with Gasteiger partial charge in [0, 0.05) is 36.2 Å². The van der Waals surface area contributed by atoms with Crippen LogP contribution in [0.2, 0.25) is 0 Å². The number of benzene rings is 5. The quantitative estimate of drug-likeness (QED) is 0.0702. The van der Waals surface area contributed by atoms with E-state index < -0.39 is 28.3 Å². The molecule has 1 aliphatic heterocycles. The predicted molar refractivity (Wildman–Crippen MR) is 225 cm³/mol. The molecule has 1 aromatic heterocycles. The van der Waals surface area contributed by atoms with Gasteiger partial charge in [0.15, 0.2) is 11.4 Å². The van der Waals surface area contributed by atoms with Crippen molar-refractivity contribution in [3.05, 3.63) is 179 Å². The molecule has 298 valence electrons. The molecule has 3 N–H and O–H groups in total. The molecule has 1 aliphatic rings. The minimum absolute atomic E-state index is 0.00715. The van der Waals surface area contributed by atoms with E-state index >= 15 is 0 Å². The first-order valence-corrected chi connectivity index (χ1v) is 21.6. The Morgan fingerprint density at radius 1 is 0.776 bits per heavy atom. The van der Waals surface area contributed by atoms with Gasteiger partial charge in [0.2, 0.25) is 15.9 Å². The lowest BCUT2D eigenvalue weighted by atomic mass is 9.91. The number of hydrogen-bond donors (Lipinski definition) is 3. The topological polar surface area (TPSA) is 140 Å². The third-order valence-electron chi connectivity index (χ3n) is 10.2. The van der Waals surface area contributed by atoms with Gasteiger partial charge in [0.05, 0.1) is 23.7 Å². The molecule has 0 spiro atoms. The van der Waals surface area contributed by atoms with E-state index in [1.807, 2.05) is 104 Å². The minimum Gasteiger partial charge on any atom is -0.392 e. The van der Waals surface area contributed by atoms with Crippen LogP contribution in [0.4, 0.5) is 0 Å². The van der Waals surface area contributed by atoms with Gasteiger partial charge in [-0.15, -0.1) is 0 Å². The number of amides is 1. The van der Waals surface area contributed by atoms with Crippen molar-refractivity contribution >= 4 is 27.7 Å². The maximum absolute atomic E-state index is 13.7. The second-order valence-corrected chi connectivity index (χ2v) is 17.1. The number of aliphatic hydroxyl groups excluding tert-OH is 1. The highest BCUT2D eigenvalue weighted by atomic mass is 32.2. The number of ether oxygens (including phenoxy) is 2. The molecule has 12 heteroatoms. The average molecular weight is 815 g/mol. The number of aryl methyl sites for hydroxylation is 1. The molecular weight excluding hydrogens is 769 g/mol. The second-order valence-electron chi connectivity index (χ2n) is 14.4. The van der Waals surface area contributed by atoms with Crippen LogP contribution in [0.25, 0.3) is 11.1 Å². The van der Waals surface area contributed by atoms with Crippen molar-refractivity contribution in [2.75, 3.05) is 5.75 Å². The van der Waals surface area contributed by atoms with Gasteiger partial charge < -0.3 is 19.9 Å². The van der Waals surface area contributed by atoms with E-state index in [2.05, 4.69) is 33.0 Å². The highest BCUT2D eigenvalue weighted by Gasteiger charge is 2.38. The van der Waals surface area contributed by atoms with Crippen molar-refractivity contribution in [2.24, 2.45) is 5.92 Å². The van der Waals surface area contributed by atoms with Crippen LogP contribution in [0.1, 0.15) is 52.7 Å². The zero-order valence-corrected chi connectivity index (χ0v) is 33.9. The van der Waals surface area contributed by atoms with Crippen molar-refractivity contribution in [1.29, 1.82) is 0 Å². The Hall–Kier alpha value is -5.21. The summed E-state index contributed by atoms with van der Waals surface area (Å²) in [6.45, 7) is 4.17. The standard InChI is InChI=1S/C46H46N4O6S2/c1-31-15-21-40(22-16-31)58(53,54)50-41(26-33-9-4-3-5-10-33)44(52)49-28-35-11-6-12-37(25-35)38-13-7-14-39(27-38)45-55-42(30-57-46-47-23-8-24-48-46)32(2)43(56-45)36-19-17-34(29-51)18-20-36/h3-25,27,32,41-43,45,50-51H,26,28-30H2,1-2H3,(H,49,52). The summed E-state index contributed by atoms with van der Waals surface area (Å²) in [4.78, 5) is 22.6. The molecule has 6 aromatic rings. The van der Waals surface area contributed by atoms with Crippen LogP contribution >= 0.6 is 11.8 Å². The summed E-state index contributed by atoms with van der Waals surface area (Å²) in [5, 5.41) is 13.3. The van der Waals surface area contributed by atoms with E-state index in [4.69, 9.17) is 9.47 Å². The number of carbonyl (C=O) groups excluding carboxylic acids is 1. The van der Waals surface area contributed by atoms with E-state index in [0.717, 1.165) is 44.5 Å². The molecule has 1 amide bonds. The van der Waals surface area contributed by atoms with Crippen LogP contribution in [0.3, 0.4) is 0 Å². The number of rotatable bonds is 15. The van der Waals surface area contributed by atoms with Crippen LogP contribution in [-0.2, 0) is 43.9 Å². The van der Waals surface area contributed by atoms with Crippen LogP contribution < -0.4 is 10.0 Å². The van der Waals surface area contributed by atoms with Crippen molar-refractivity contribution in [3.8, 4) is 11.1 Å². The molecule has 7 rings (SSSR count). The van der Waals surface area contributed by atoms with E-state index in [1.54, 1.807) is 42.4 Å². The molecule has 1 saturated heterocycles. The third-order valence-corrected chi connectivity index (χ3v) is 12.6. The first-order chi connectivity index (χ1) is 28.1. The molecule has 5 atom stereocenters. The van der Waals surface area contributed by atoms with Gasteiger partial charge in [0.1, 0.15) is 6.04 Å². The molecule has 1 fully saturated rings. The lowest BCUT2D eigenvalue weighted by Gasteiger charge is -2.41. The largest absolute Gasteiger partial charge is 0.392 e. The summed E-state index contributed by atoms with van der Waals surface area (Å²) < 4.78 is 42.8. The molecule has 58 heavy (non-hydrogen) atoms. The van der Waals surface area contributed by atoms with Crippen molar-refractivity contribution in [3.63, 3.8) is 0 Å². The van der Waals surface area contributed by atoms with Crippen LogP contribution in [0.5, 0.6) is 0 Å². The van der Waals surface area contributed by atoms with Crippen molar-refractivity contribution in [1.82, 2.24) is 20.0 Å². The smallest absolute Gasteiger partial charge is 0.241 e. The van der Waals surface area contributed by atoms with E-state index in [9.17, 15) is 18.3 Å². The van der Waals surface area contributed by atoms with Crippen LogP contribution in [0, 0.1) is 12.8 Å². The Balaban J connectivity index is 1.08. The van der Waals surface area contributed by atoms with E-state index in [-0.39, 0.29) is 42.6 Å². The number of sulfonamides is 1. The van der Waals surface area contributed by atoms with Gasteiger partial charge >= 0.3 is 0 Å². The van der Waals surface area contributed by atoms with Crippen molar-refractivity contribution < 1.29 is 27.8 Å². The summed E-state index contributed by atoms with van der Waals surface area (Å²) in [6.07, 6.45) is 2.53. The number of nitrogens with one attached hydrogen (secondary N) is 2. The highest BCUT2D eigenvalue weighted by molar-refractivity contribution is 7.99. The molecule has 2 heterocycles. The van der Waals surface area contributed by atoms with Crippen LogP contribution in [0.15, 0.2) is 156 Å². The Morgan fingerprint density at radius 3 is 2.19 bits per heavy atom. The Morgan fingerprint density at radius 2 is 1.47 bits per heavy atom. The molecule has 10 nitrogen and oxygen atoms in total. The van der Waals surface area contributed by atoms with Gasteiger partial charge in [-0.2, -0.15) is 4.72 Å². The summed E-state index contributed by atoms with van der Waals surface area (Å²) in [5.74, 6) is 0.205. The fourth-order valence-corrected chi connectivity index (χ4v) is 9.04. The zero-order valence-electron chi connectivity index (χ0n) is 32.3. The number of carbonyl (C=O) groups is 1. The maximum Gasteiger partial charge on any atom is 0.241 e. The monoisotopic (exact) mass is 814 g/mol. The van der Waals surface area contributed by atoms with Gasteiger partial charge in [-0.1, -0.05) is 127 Å². The minimum atomic E-state index is -3.97. The van der Waals surface area contributed by atoms with Crippen molar-refractivity contribution in [2.45, 2.75) is 68.0 Å². The average Bonchev–Trinajstić information content (AvgIpc) is 3.26. The van der Waals surface area contributed by atoms with Crippen LogP contribution in [-0.4, -0.2) is 47.3 Å². The zero-order chi connectivity index (χ0) is 40.5. The molecule has 0 bridgehead atoms. The normalized spacial score (nSPS) is 18.7. The Bertz CT molecular complexity index is 2380. The fraction of sp³-hybridized carbons (Fsp3) is 0.239. The summed E-state index contributed by atoms with van der Waals surface area (Å²) in [6, 6.07) is 40.4. The highest BCUT2D eigenvalue weighted by Crippen LogP contribution is 2.43. The van der Waals surface area contributed by atoms with Gasteiger partial charge in [-0.25, -0.2) is 18.4 Å². The Kier molecular flexibility index (Phi) is 13.4. The van der Waals surface area contributed by atoms with Gasteiger partial charge in [-0.05, 0) is 77.1 Å². The molecule has 0 aliphatic carbocycles. The van der Waals surface area contributed by atoms with Gasteiger partial charge in [0.25, 0.3) is 0 Å². The lowest BCUT2D eigenvalue weighted by molar-refractivity contribution is -0.268. The predicted octanol–water partition coefficient (Wildman–Crippen LogP) is 7.73. The molecule has 0 saturated carbocycles. The number of hydrogen-bond acceptors (Lipinski definition) is 9. The SMILES string of the molecule is Cc1ccc(S(=O)(=O)NC(Cc2ccccc2)C(=O)NCc2cccc(-c3cccc(C4OC(CSc5ncccn5)C(C)C(c5ccc(CO)cc5)O4)c3)c2)cc1.